The Balaban J connectivity index is 2.90. The Kier molecular flexibility index (Phi) is 2.32. The molecule has 1 aliphatic carbocycles. The van der Waals surface area contributed by atoms with Gasteiger partial charge < -0.3 is 5.21 Å². The minimum Gasteiger partial charge on any atom is -0.411 e. The lowest BCUT2D eigenvalue weighted by Crippen LogP contribution is -2.23. The molecule has 0 heterocycles. The van der Waals surface area contributed by atoms with Crippen LogP contribution in [0.2, 0.25) is 0 Å². The molecule has 0 bridgehead atoms. The van der Waals surface area contributed by atoms with Gasteiger partial charge in [-0.25, -0.2) is 0 Å². The topological polar surface area (TPSA) is 32.6 Å². The number of allylic oxidation sites excluding steroid dienone is 2. The number of nitrogens with zero attached hydrogens (tertiary/aromatic N) is 1. The van der Waals surface area contributed by atoms with E-state index in [4.69, 9.17) is 5.21 Å². The van der Waals surface area contributed by atoms with E-state index in [-0.39, 0.29) is 0 Å². The van der Waals surface area contributed by atoms with Crippen LogP contribution in [0.15, 0.2) is 16.8 Å². The third-order valence-corrected chi connectivity index (χ3v) is 2.59. The molecule has 0 spiro atoms. The Morgan fingerprint density at radius 1 is 1.55 bits per heavy atom. The van der Waals surface area contributed by atoms with Crippen molar-refractivity contribution in [2.45, 2.75) is 27.2 Å². The lowest BCUT2D eigenvalue weighted by atomic mass is 9.81. The van der Waals surface area contributed by atoms with Crippen molar-refractivity contribution >= 4 is 5.71 Å². The van der Waals surface area contributed by atoms with Crippen LogP contribution in [0, 0.1) is 11.8 Å². The Labute approximate surface area is 67.6 Å². The second-order valence-electron chi connectivity index (χ2n) is 3.37. The SMILES string of the molecule is CC1=CCC(C)C(C)C1=NO. The molecule has 1 N–H and O–H groups in total. The van der Waals surface area contributed by atoms with Gasteiger partial charge in [-0.05, 0) is 24.8 Å². The number of hydrogen-bond donors (Lipinski definition) is 1. The molecule has 0 aromatic carbocycles. The standard InChI is InChI=1S/C9H15NO/c1-6-4-5-7(2)9(10-11)8(6)3/h5-6,8,11H,4H2,1-3H3. The van der Waals surface area contributed by atoms with Crippen LogP contribution < -0.4 is 0 Å². The quantitative estimate of drug-likeness (QED) is 0.420. The Morgan fingerprint density at radius 2 is 2.18 bits per heavy atom. The molecular formula is C9H15NO. The van der Waals surface area contributed by atoms with Crippen molar-refractivity contribution in [3.05, 3.63) is 11.6 Å². The van der Waals surface area contributed by atoms with Crippen molar-refractivity contribution in [3.8, 4) is 0 Å². The number of oxime groups is 1. The van der Waals surface area contributed by atoms with Gasteiger partial charge >= 0.3 is 0 Å². The molecular weight excluding hydrogens is 138 g/mol. The van der Waals surface area contributed by atoms with Gasteiger partial charge in [0.2, 0.25) is 0 Å². The lowest BCUT2D eigenvalue weighted by molar-refractivity contribution is 0.310. The summed E-state index contributed by atoms with van der Waals surface area (Å²) >= 11 is 0. The monoisotopic (exact) mass is 153 g/mol. The maximum absolute atomic E-state index is 8.70. The second-order valence-corrected chi connectivity index (χ2v) is 3.37. The Morgan fingerprint density at radius 3 is 2.64 bits per heavy atom. The maximum Gasteiger partial charge on any atom is 0.0852 e. The molecule has 0 aliphatic heterocycles. The molecule has 0 saturated heterocycles. The van der Waals surface area contributed by atoms with E-state index < -0.39 is 0 Å². The summed E-state index contributed by atoms with van der Waals surface area (Å²) in [6.45, 7) is 6.28. The van der Waals surface area contributed by atoms with Gasteiger partial charge in [0, 0.05) is 5.92 Å². The normalized spacial score (nSPS) is 35.5. The zero-order valence-electron chi connectivity index (χ0n) is 7.33. The van der Waals surface area contributed by atoms with Crippen LogP contribution >= 0.6 is 0 Å². The molecule has 1 rings (SSSR count). The van der Waals surface area contributed by atoms with E-state index in [1.807, 2.05) is 6.92 Å². The zero-order valence-corrected chi connectivity index (χ0v) is 7.33. The van der Waals surface area contributed by atoms with Crippen molar-refractivity contribution in [1.82, 2.24) is 0 Å². The predicted molar refractivity (Wildman–Crippen MR) is 45.9 cm³/mol. The number of rotatable bonds is 0. The summed E-state index contributed by atoms with van der Waals surface area (Å²) in [7, 11) is 0. The smallest absolute Gasteiger partial charge is 0.0852 e. The molecule has 1 aliphatic rings. The van der Waals surface area contributed by atoms with Crippen LogP contribution in [-0.2, 0) is 0 Å². The molecule has 0 radical (unpaired) electrons. The predicted octanol–water partition coefficient (Wildman–Crippen LogP) is 2.44. The molecule has 0 fully saturated rings. The van der Waals surface area contributed by atoms with Gasteiger partial charge in [0.25, 0.3) is 0 Å². The summed E-state index contributed by atoms with van der Waals surface area (Å²) in [5.74, 6) is 0.995. The summed E-state index contributed by atoms with van der Waals surface area (Å²) in [4.78, 5) is 0. The molecule has 0 aromatic heterocycles. The van der Waals surface area contributed by atoms with E-state index in [0.29, 0.717) is 11.8 Å². The lowest BCUT2D eigenvalue weighted by Gasteiger charge is -2.24. The number of hydrogen-bond acceptors (Lipinski definition) is 2. The fourth-order valence-electron chi connectivity index (χ4n) is 1.47. The van der Waals surface area contributed by atoms with E-state index in [1.54, 1.807) is 0 Å². The highest BCUT2D eigenvalue weighted by Gasteiger charge is 2.23. The molecule has 62 valence electrons. The van der Waals surface area contributed by atoms with Crippen molar-refractivity contribution in [3.63, 3.8) is 0 Å². The van der Waals surface area contributed by atoms with Crippen LogP contribution in [0.5, 0.6) is 0 Å². The summed E-state index contributed by atoms with van der Waals surface area (Å²) < 4.78 is 0. The highest BCUT2D eigenvalue weighted by atomic mass is 16.4. The van der Waals surface area contributed by atoms with Crippen LogP contribution in [0.1, 0.15) is 27.2 Å². The van der Waals surface area contributed by atoms with E-state index >= 15 is 0 Å². The summed E-state index contributed by atoms with van der Waals surface area (Å²) in [6, 6.07) is 0. The first-order valence-corrected chi connectivity index (χ1v) is 4.06. The molecule has 2 unspecified atom stereocenters. The molecule has 2 nitrogen and oxygen atoms in total. The van der Waals surface area contributed by atoms with Gasteiger partial charge in [0.05, 0.1) is 5.71 Å². The van der Waals surface area contributed by atoms with Crippen LogP contribution in [-0.4, -0.2) is 10.9 Å². The van der Waals surface area contributed by atoms with Gasteiger partial charge in [0.15, 0.2) is 0 Å². The Bertz CT molecular complexity index is 206. The van der Waals surface area contributed by atoms with Gasteiger partial charge in [0.1, 0.15) is 0 Å². The largest absolute Gasteiger partial charge is 0.411 e. The summed E-state index contributed by atoms with van der Waals surface area (Å²) in [5, 5.41) is 12.0. The van der Waals surface area contributed by atoms with Gasteiger partial charge in [-0.15, -0.1) is 0 Å². The molecule has 0 saturated carbocycles. The minimum atomic E-state index is 0.394. The van der Waals surface area contributed by atoms with E-state index in [9.17, 15) is 0 Å². The first kappa shape index (κ1) is 8.31. The Hall–Kier alpha value is -0.790. The van der Waals surface area contributed by atoms with Crippen molar-refractivity contribution < 1.29 is 5.21 Å². The minimum absolute atomic E-state index is 0.394. The molecule has 2 atom stereocenters. The van der Waals surface area contributed by atoms with Crippen LogP contribution in [0.25, 0.3) is 0 Å². The average Bonchev–Trinajstić information content (AvgIpc) is 1.99. The summed E-state index contributed by atoms with van der Waals surface area (Å²) in [6.07, 6.45) is 3.24. The van der Waals surface area contributed by atoms with Crippen molar-refractivity contribution in [2.75, 3.05) is 0 Å². The van der Waals surface area contributed by atoms with Gasteiger partial charge in [-0.2, -0.15) is 0 Å². The van der Waals surface area contributed by atoms with Gasteiger partial charge in [-0.3, -0.25) is 0 Å². The summed E-state index contributed by atoms with van der Waals surface area (Å²) in [5.41, 5.74) is 1.97. The van der Waals surface area contributed by atoms with Crippen LogP contribution in [0.4, 0.5) is 0 Å². The van der Waals surface area contributed by atoms with Gasteiger partial charge in [-0.1, -0.05) is 25.1 Å². The van der Waals surface area contributed by atoms with E-state index in [0.717, 1.165) is 17.7 Å². The molecule has 0 amide bonds. The van der Waals surface area contributed by atoms with Crippen molar-refractivity contribution in [2.24, 2.45) is 17.0 Å². The van der Waals surface area contributed by atoms with E-state index in [1.165, 1.54) is 0 Å². The first-order valence-electron chi connectivity index (χ1n) is 4.06. The first-order chi connectivity index (χ1) is 5.16. The second kappa shape index (κ2) is 3.07. The highest BCUT2D eigenvalue weighted by Crippen LogP contribution is 2.26. The molecule has 0 aromatic rings. The van der Waals surface area contributed by atoms with Crippen molar-refractivity contribution in [1.29, 1.82) is 0 Å². The maximum atomic E-state index is 8.70. The zero-order chi connectivity index (χ0) is 8.43. The fourth-order valence-corrected chi connectivity index (χ4v) is 1.47. The molecule has 11 heavy (non-hydrogen) atoms. The third-order valence-electron chi connectivity index (χ3n) is 2.59. The fraction of sp³-hybridized carbons (Fsp3) is 0.667. The molecule has 2 heteroatoms. The van der Waals surface area contributed by atoms with Crippen LogP contribution in [0.3, 0.4) is 0 Å². The van der Waals surface area contributed by atoms with E-state index in [2.05, 4.69) is 25.1 Å². The highest BCUT2D eigenvalue weighted by molar-refractivity contribution is 6.01. The average molecular weight is 153 g/mol. The third kappa shape index (κ3) is 1.44.